The fourth-order valence-corrected chi connectivity index (χ4v) is 1.55. The number of hydrogen-bond donors (Lipinski definition) is 1. The van der Waals surface area contributed by atoms with Gasteiger partial charge >= 0.3 is 0 Å². The summed E-state index contributed by atoms with van der Waals surface area (Å²) in [4.78, 5) is 11.8. The third kappa shape index (κ3) is 3.26. The minimum absolute atomic E-state index is 0.371. The molecule has 0 heterocycles. The van der Waals surface area contributed by atoms with Gasteiger partial charge in [0.15, 0.2) is 0 Å². The summed E-state index contributed by atoms with van der Waals surface area (Å²) < 4.78 is 0. The number of rotatable bonds is 3. The molecule has 0 aromatic heterocycles. The van der Waals surface area contributed by atoms with Crippen molar-refractivity contribution in [3.05, 3.63) is 40.8 Å². The number of benzene rings is 1. The van der Waals surface area contributed by atoms with E-state index >= 15 is 0 Å². The van der Waals surface area contributed by atoms with Gasteiger partial charge in [-0.1, -0.05) is 29.5 Å². The molecule has 0 fully saturated rings. The van der Waals surface area contributed by atoms with Gasteiger partial charge in [0.1, 0.15) is 0 Å². The van der Waals surface area contributed by atoms with E-state index in [0.717, 1.165) is 4.90 Å². The number of carbonyl (C=O) groups is 1. The molecule has 1 aromatic carbocycles. The fourth-order valence-electron chi connectivity index (χ4n) is 0.831. The van der Waals surface area contributed by atoms with Gasteiger partial charge in [-0.3, -0.25) is 4.79 Å². The average molecular weight is 207 g/mol. The van der Waals surface area contributed by atoms with Gasteiger partial charge in [-0.15, -0.1) is 0 Å². The average Bonchev–Trinajstić information content (AvgIpc) is 2.16. The lowest BCUT2D eigenvalue weighted by Gasteiger charge is -1.98. The van der Waals surface area contributed by atoms with Crippen LogP contribution in [0.4, 0.5) is 0 Å². The Morgan fingerprint density at radius 1 is 1.36 bits per heavy atom. The second-order valence-electron chi connectivity index (χ2n) is 3.10. The second kappa shape index (κ2) is 4.86. The molecule has 14 heavy (non-hydrogen) atoms. The molecule has 3 heteroatoms. The van der Waals surface area contributed by atoms with Crippen molar-refractivity contribution in [3.8, 4) is 0 Å². The highest BCUT2D eigenvalue weighted by molar-refractivity contribution is 8.02. The molecule has 0 radical (unpaired) electrons. The molecule has 0 aliphatic heterocycles. The van der Waals surface area contributed by atoms with Gasteiger partial charge in [0.25, 0.3) is 0 Å². The Morgan fingerprint density at radius 2 is 1.93 bits per heavy atom. The van der Waals surface area contributed by atoms with Crippen LogP contribution >= 0.6 is 11.8 Å². The van der Waals surface area contributed by atoms with Crippen molar-refractivity contribution < 1.29 is 4.79 Å². The summed E-state index contributed by atoms with van der Waals surface area (Å²) in [6.45, 7) is 3.75. The molecule has 0 unspecified atom stereocenters. The molecule has 1 aromatic rings. The van der Waals surface area contributed by atoms with Crippen molar-refractivity contribution in [3.63, 3.8) is 0 Å². The van der Waals surface area contributed by atoms with E-state index in [1.54, 1.807) is 12.3 Å². The van der Waals surface area contributed by atoms with Gasteiger partial charge < -0.3 is 5.73 Å². The molecule has 2 N–H and O–H groups in total. The number of thioether (sulfide) groups is 1. The van der Waals surface area contributed by atoms with Crippen LogP contribution in [0.1, 0.15) is 12.5 Å². The summed E-state index contributed by atoms with van der Waals surface area (Å²) in [6, 6.07) is 8.11. The number of carbonyl (C=O) groups excluding carboxylic acids is 1. The lowest BCUT2D eigenvalue weighted by molar-refractivity contribution is -0.114. The van der Waals surface area contributed by atoms with Crippen molar-refractivity contribution >= 4 is 17.7 Å². The van der Waals surface area contributed by atoms with Crippen LogP contribution in [0.15, 0.2) is 40.1 Å². The largest absolute Gasteiger partial charge is 0.366 e. The topological polar surface area (TPSA) is 43.1 Å². The lowest BCUT2D eigenvalue weighted by Crippen LogP contribution is -2.10. The molecular formula is C11H13NOS. The highest BCUT2D eigenvalue weighted by Crippen LogP contribution is 2.20. The third-order valence-corrected chi connectivity index (χ3v) is 2.80. The maximum atomic E-state index is 10.7. The molecular weight excluding hydrogens is 194 g/mol. The van der Waals surface area contributed by atoms with Crippen LogP contribution in [-0.4, -0.2) is 5.91 Å². The van der Waals surface area contributed by atoms with E-state index in [0.29, 0.717) is 5.57 Å². The second-order valence-corrected chi connectivity index (χ2v) is 4.04. The van der Waals surface area contributed by atoms with Crippen molar-refractivity contribution in [2.24, 2.45) is 5.73 Å². The normalized spacial score (nSPS) is 11.4. The molecule has 0 bridgehead atoms. The van der Waals surface area contributed by atoms with Gasteiger partial charge in [0, 0.05) is 10.5 Å². The summed E-state index contributed by atoms with van der Waals surface area (Å²) in [5.41, 5.74) is 6.91. The van der Waals surface area contributed by atoms with Gasteiger partial charge in [-0.05, 0) is 31.4 Å². The van der Waals surface area contributed by atoms with E-state index in [1.807, 2.05) is 31.2 Å². The van der Waals surface area contributed by atoms with Crippen molar-refractivity contribution in [1.29, 1.82) is 0 Å². The fraction of sp³-hybridized carbons (Fsp3) is 0.182. The van der Waals surface area contributed by atoms with Crippen LogP contribution in [0.3, 0.4) is 0 Å². The molecule has 0 atom stereocenters. The van der Waals surface area contributed by atoms with E-state index in [-0.39, 0.29) is 5.91 Å². The monoisotopic (exact) mass is 207 g/mol. The molecule has 0 saturated carbocycles. The van der Waals surface area contributed by atoms with Crippen molar-refractivity contribution in [1.82, 2.24) is 0 Å². The first-order valence-corrected chi connectivity index (χ1v) is 5.17. The Bertz CT molecular complexity index is 354. The Morgan fingerprint density at radius 3 is 2.43 bits per heavy atom. The molecule has 74 valence electrons. The minimum Gasteiger partial charge on any atom is -0.366 e. The van der Waals surface area contributed by atoms with Crippen LogP contribution in [0.25, 0.3) is 0 Å². The Labute approximate surface area is 88.2 Å². The summed E-state index contributed by atoms with van der Waals surface area (Å²) >= 11 is 1.50. The highest BCUT2D eigenvalue weighted by Gasteiger charge is 1.96. The van der Waals surface area contributed by atoms with Crippen molar-refractivity contribution in [2.75, 3.05) is 0 Å². The van der Waals surface area contributed by atoms with Crippen LogP contribution in [-0.2, 0) is 4.79 Å². The van der Waals surface area contributed by atoms with Gasteiger partial charge in [-0.2, -0.15) is 0 Å². The van der Waals surface area contributed by atoms with E-state index in [1.165, 1.54) is 17.3 Å². The zero-order chi connectivity index (χ0) is 10.6. The maximum Gasteiger partial charge on any atom is 0.244 e. The van der Waals surface area contributed by atoms with Crippen LogP contribution in [0.2, 0.25) is 0 Å². The lowest BCUT2D eigenvalue weighted by atomic mass is 10.2. The predicted molar refractivity (Wildman–Crippen MR) is 60.0 cm³/mol. The number of hydrogen-bond acceptors (Lipinski definition) is 2. The summed E-state index contributed by atoms with van der Waals surface area (Å²) in [5.74, 6) is -0.371. The zero-order valence-electron chi connectivity index (χ0n) is 8.28. The van der Waals surface area contributed by atoms with Crippen LogP contribution in [0.5, 0.6) is 0 Å². The first-order chi connectivity index (χ1) is 6.59. The first kappa shape index (κ1) is 10.9. The summed E-state index contributed by atoms with van der Waals surface area (Å²) in [5, 5.41) is 1.77. The van der Waals surface area contributed by atoms with Gasteiger partial charge in [-0.25, -0.2) is 0 Å². The summed E-state index contributed by atoms with van der Waals surface area (Å²) in [7, 11) is 0. The third-order valence-electron chi connectivity index (χ3n) is 1.78. The SMILES string of the molecule is C/C(=C/Sc1ccc(C)cc1)C(N)=O. The maximum absolute atomic E-state index is 10.7. The number of amides is 1. The van der Waals surface area contributed by atoms with Crippen molar-refractivity contribution in [2.45, 2.75) is 18.7 Å². The Kier molecular flexibility index (Phi) is 3.77. The molecule has 0 aliphatic carbocycles. The van der Waals surface area contributed by atoms with E-state index in [9.17, 15) is 4.79 Å². The van der Waals surface area contributed by atoms with E-state index < -0.39 is 0 Å². The number of primary amides is 1. The van der Waals surface area contributed by atoms with Gasteiger partial charge in [0.2, 0.25) is 5.91 Å². The first-order valence-electron chi connectivity index (χ1n) is 4.29. The molecule has 2 nitrogen and oxygen atoms in total. The molecule has 0 spiro atoms. The smallest absolute Gasteiger partial charge is 0.244 e. The molecule has 0 saturated heterocycles. The van der Waals surface area contributed by atoms with E-state index in [4.69, 9.17) is 5.73 Å². The summed E-state index contributed by atoms with van der Waals surface area (Å²) in [6.07, 6.45) is 0. The standard InChI is InChI=1S/C11H13NOS/c1-8-3-5-10(6-4-8)14-7-9(2)11(12)13/h3-7H,1-2H3,(H2,12,13)/b9-7-. The molecule has 0 aliphatic rings. The number of nitrogens with two attached hydrogens (primary N) is 1. The molecule has 1 amide bonds. The number of aryl methyl sites for hydroxylation is 1. The quantitative estimate of drug-likeness (QED) is 0.611. The van der Waals surface area contributed by atoms with Crippen LogP contribution < -0.4 is 5.73 Å². The zero-order valence-corrected chi connectivity index (χ0v) is 9.10. The Balaban J connectivity index is 2.66. The predicted octanol–water partition coefficient (Wildman–Crippen LogP) is 2.48. The van der Waals surface area contributed by atoms with Crippen LogP contribution in [0, 0.1) is 6.92 Å². The Hall–Kier alpha value is -1.22. The molecule has 1 rings (SSSR count). The highest BCUT2D eigenvalue weighted by atomic mass is 32.2. The minimum atomic E-state index is -0.371. The van der Waals surface area contributed by atoms with E-state index in [2.05, 4.69) is 0 Å². The van der Waals surface area contributed by atoms with Gasteiger partial charge in [0.05, 0.1) is 0 Å².